The largest absolute Gasteiger partial charge is 0.381 e. The van der Waals surface area contributed by atoms with Crippen LogP contribution in [0.15, 0.2) is 0 Å². The van der Waals surface area contributed by atoms with Crippen LogP contribution in [0.3, 0.4) is 0 Å². The van der Waals surface area contributed by atoms with Gasteiger partial charge in [0.1, 0.15) is 0 Å². The summed E-state index contributed by atoms with van der Waals surface area (Å²) in [6.45, 7) is 8.78. The van der Waals surface area contributed by atoms with E-state index in [-0.39, 0.29) is 5.92 Å². The van der Waals surface area contributed by atoms with E-state index in [0.717, 1.165) is 38.4 Å². The number of hydrogen-bond donors (Lipinski definition) is 0. The van der Waals surface area contributed by atoms with Crippen molar-refractivity contribution in [2.45, 2.75) is 65.0 Å². The molecule has 0 aromatic carbocycles. The Morgan fingerprint density at radius 2 is 1.75 bits per heavy atom. The van der Waals surface area contributed by atoms with E-state index in [4.69, 9.17) is 4.74 Å². The molecule has 1 saturated carbocycles. The highest BCUT2D eigenvalue weighted by Crippen LogP contribution is 2.42. The zero-order valence-corrected chi connectivity index (χ0v) is 13.6. The highest BCUT2D eigenvalue weighted by atomic mass is 16.5. The van der Waals surface area contributed by atoms with Crippen LogP contribution in [-0.4, -0.2) is 37.2 Å². The van der Waals surface area contributed by atoms with Gasteiger partial charge in [-0.15, -0.1) is 0 Å². The standard InChI is InChI=1S/C17H30N2O/c1-17(2,3)14-6-5-13(12-18)16(11-14)19(4)15-7-9-20-10-8-15/h13-16H,5-11H2,1-4H3. The van der Waals surface area contributed by atoms with E-state index in [2.05, 4.69) is 38.8 Å². The van der Waals surface area contributed by atoms with Crippen molar-refractivity contribution < 1.29 is 4.74 Å². The highest BCUT2D eigenvalue weighted by molar-refractivity contribution is 5.00. The average Bonchev–Trinajstić information content (AvgIpc) is 2.45. The molecule has 3 heteroatoms. The molecule has 3 unspecified atom stereocenters. The van der Waals surface area contributed by atoms with E-state index in [1.165, 1.54) is 12.8 Å². The van der Waals surface area contributed by atoms with E-state index in [9.17, 15) is 5.26 Å². The van der Waals surface area contributed by atoms with Gasteiger partial charge in [0.15, 0.2) is 0 Å². The van der Waals surface area contributed by atoms with Gasteiger partial charge in [0, 0.05) is 25.3 Å². The van der Waals surface area contributed by atoms with Crippen LogP contribution in [0.5, 0.6) is 0 Å². The number of rotatable bonds is 2. The normalized spacial score (nSPS) is 33.1. The summed E-state index contributed by atoms with van der Waals surface area (Å²) in [7, 11) is 2.23. The first kappa shape index (κ1) is 15.8. The molecule has 1 aliphatic heterocycles. The second-order valence-corrected chi connectivity index (χ2v) is 7.69. The van der Waals surface area contributed by atoms with Gasteiger partial charge < -0.3 is 4.74 Å². The van der Waals surface area contributed by atoms with E-state index in [1.807, 2.05) is 0 Å². The van der Waals surface area contributed by atoms with Gasteiger partial charge in [-0.1, -0.05) is 20.8 Å². The summed E-state index contributed by atoms with van der Waals surface area (Å²) in [5.74, 6) is 0.945. The third-order valence-corrected chi connectivity index (χ3v) is 5.50. The van der Waals surface area contributed by atoms with Gasteiger partial charge in [0.2, 0.25) is 0 Å². The number of ether oxygens (including phenoxy) is 1. The fourth-order valence-electron chi connectivity index (χ4n) is 3.90. The fraction of sp³-hybridized carbons (Fsp3) is 0.941. The van der Waals surface area contributed by atoms with Crippen LogP contribution in [0.25, 0.3) is 0 Å². The number of nitriles is 1. The maximum atomic E-state index is 9.50. The molecule has 0 radical (unpaired) electrons. The van der Waals surface area contributed by atoms with Crippen LogP contribution >= 0.6 is 0 Å². The van der Waals surface area contributed by atoms with Gasteiger partial charge in [-0.25, -0.2) is 0 Å². The molecule has 0 bridgehead atoms. The lowest BCUT2D eigenvalue weighted by Gasteiger charge is -2.46. The predicted molar refractivity (Wildman–Crippen MR) is 81.3 cm³/mol. The summed E-state index contributed by atoms with van der Waals surface area (Å²) in [4.78, 5) is 2.51. The van der Waals surface area contributed by atoms with Crippen molar-refractivity contribution in [3.63, 3.8) is 0 Å². The summed E-state index contributed by atoms with van der Waals surface area (Å²) in [5, 5.41) is 9.50. The van der Waals surface area contributed by atoms with Crippen LogP contribution in [0.1, 0.15) is 52.9 Å². The topological polar surface area (TPSA) is 36.3 Å². The molecule has 2 fully saturated rings. The molecule has 2 rings (SSSR count). The molecule has 3 nitrogen and oxygen atoms in total. The Morgan fingerprint density at radius 3 is 2.30 bits per heavy atom. The second kappa shape index (κ2) is 6.45. The molecule has 0 aromatic heterocycles. The Hall–Kier alpha value is -0.590. The van der Waals surface area contributed by atoms with Gasteiger partial charge in [0.05, 0.1) is 12.0 Å². The first-order chi connectivity index (χ1) is 9.43. The fourth-order valence-corrected chi connectivity index (χ4v) is 3.90. The van der Waals surface area contributed by atoms with Crippen molar-refractivity contribution in [1.29, 1.82) is 5.26 Å². The minimum atomic E-state index is 0.210. The minimum Gasteiger partial charge on any atom is -0.381 e. The van der Waals surface area contributed by atoms with Crippen LogP contribution in [0.4, 0.5) is 0 Å². The summed E-state index contributed by atoms with van der Waals surface area (Å²) < 4.78 is 5.47. The minimum absolute atomic E-state index is 0.210. The molecule has 20 heavy (non-hydrogen) atoms. The smallest absolute Gasteiger partial charge is 0.0672 e. The van der Waals surface area contributed by atoms with Crippen molar-refractivity contribution in [3.8, 4) is 6.07 Å². The zero-order valence-electron chi connectivity index (χ0n) is 13.6. The molecule has 0 spiro atoms. The van der Waals surface area contributed by atoms with Crippen LogP contribution in [-0.2, 0) is 4.74 Å². The molecule has 1 saturated heterocycles. The van der Waals surface area contributed by atoms with Crippen LogP contribution < -0.4 is 0 Å². The van der Waals surface area contributed by atoms with Crippen molar-refractivity contribution in [2.75, 3.05) is 20.3 Å². The quantitative estimate of drug-likeness (QED) is 0.776. The molecular formula is C17H30N2O. The van der Waals surface area contributed by atoms with Crippen molar-refractivity contribution in [2.24, 2.45) is 17.3 Å². The highest BCUT2D eigenvalue weighted by Gasteiger charge is 2.39. The third-order valence-electron chi connectivity index (χ3n) is 5.50. The van der Waals surface area contributed by atoms with Crippen molar-refractivity contribution in [3.05, 3.63) is 0 Å². The molecular weight excluding hydrogens is 248 g/mol. The number of nitrogens with zero attached hydrogens (tertiary/aromatic N) is 2. The lowest BCUT2D eigenvalue weighted by molar-refractivity contribution is -0.00142. The van der Waals surface area contributed by atoms with E-state index in [1.54, 1.807) is 0 Å². The van der Waals surface area contributed by atoms with Gasteiger partial charge >= 0.3 is 0 Å². The van der Waals surface area contributed by atoms with Crippen molar-refractivity contribution >= 4 is 0 Å². The predicted octanol–water partition coefficient (Wildman–Crippen LogP) is 3.45. The summed E-state index contributed by atoms with van der Waals surface area (Å²) >= 11 is 0. The molecule has 0 aromatic rings. The molecule has 2 aliphatic rings. The van der Waals surface area contributed by atoms with Gasteiger partial charge in [-0.2, -0.15) is 5.26 Å². The lowest BCUT2D eigenvalue weighted by atomic mass is 9.67. The third kappa shape index (κ3) is 3.54. The molecule has 1 heterocycles. The maximum absolute atomic E-state index is 9.50. The van der Waals surface area contributed by atoms with E-state index < -0.39 is 0 Å². The maximum Gasteiger partial charge on any atom is 0.0672 e. The van der Waals surface area contributed by atoms with Gasteiger partial charge in [0.25, 0.3) is 0 Å². The SMILES string of the molecule is CN(C1CCOCC1)C1CC(C(C)(C)C)CCC1C#N. The lowest BCUT2D eigenvalue weighted by Crippen LogP contribution is -2.49. The molecule has 1 aliphatic carbocycles. The molecule has 0 amide bonds. The zero-order chi connectivity index (χ0) is 14.8. The van der Waals surface area contributed by atoms with Gasteiger partial charge in [-0.3, -0.25) is 4.90 Å². The number of hydrogen-bond acceptors (Lipinski definition) is 3. The van der Waals surface area contributed by atoms with E-state index >= 15 is 0 Å². The van der Waals surface area contributed by atoms with E-state index in [0.29, 0.717) is 17.5 Å². The van der Waals surface area contributed by atoms with Gasteiger partial charge in [-0.05, 0) is 50.5 Å². The summed E-state index contributed by atoms with van der Waals surface area (Å²) in [6, 6.07) is 3.60. The monoisotopic (exact) mass is 278 g/mol. The molecule has 0 N–H and O–H groups in total. The summed E-state index contributed by atoms with van der Waals surface area (Å²) in [5.41, 5.74) is 0.356. The van der Waals surface area contributed by atoms with Crippen LogP contribution in [0.2, 0.25) is 0 Å². The average molecular weight is 278 g/mol. The Kier molecular flexibility index (Phi) is 5.09. The second-order valence-electron chi connectivity index (χ2n) is 7.69. The Balaban J connectivity index is 2.06. The van der Waals surface area contributed by atoms with Crippen LogP contribution in [0, 0.1) is 28.6 Å². The van der Waals surface area contributed by atoms with Crippen molar-refractivity contribution in [1.82, 2.24) is 4.90 Å². The first-order valence-corrected chi connectivity index (χ1v) is 8.12. The Labute approximate surface area is 124 Å². The molecule has 114 valence electrons. The summed E-state index contributed by atoms with van der Waals surface area (Å²) in [6.07, 6.45) is 5.68. The molecule has 3 atom stereocenters. The Morgan fingerprint density at radius 1 is 1.10 bits per heavy atom. The Bertz CT molecular complexity index is 349. The first-order valence-electron chi connectivity index (χ1n) is 8.12.